The molecule has 1 heterocycles. The van der Waals surface area contributed by atoms with Crippen LogP contribution in [-0.2, 0) is 6.54 Å². The van der Waals surface area contributed by atoms with Gasteiger partial charge in [-0.25, -0.2) is 4.98 Å². The molecule has 6 heteroatoms. The zero-order valence-corrected chi connectivity index (χ0v) is 17.1. The standard InChI is InChI=1S/C24H20ClN3O2/c1-30-21-4-2-3-16(13-21)15-27-24(29)18-6-9-20(10-7-18)28-23-22-14-19(25)8-5-17(22)11-12-26-23/h2-14H,15H2,1H3,(H,26,28)(H,27,29). The molecule has 0 saturated carbocycles. The molecule has 150 valence electrons. The van der Waals surface area contributed by atoms with Crippen LogP contribution >= 0.6 is 11.6 Å². The molecule has 5 nitrogen and oxygen atoms in total. The van der Waals surface area contributed by atoms with Gasteiger partial charge in [0.2, 0.25) is 0 Å². The topological polar surface area (TPSA) is 63.2 Å². The van der Waals surface area contributed by atoms with Crippen molar-refractivity contribution in [3.05, 3.63) is 95.1 Å². The maximum Gasteiger partial charge on any atom is 0.251 e. The van der Waals surface area contributed by atoms with E-state index in [1.165, 1.54) is 0 Å². The summed E-state index contributed by atoms with van der Waals surface area (Å²) >= 11 is 6.13. The summed E-state index contributed by atoms with van der Waals surface area (Å²) in [6, 6.07) is 22.5. The van der Waals surface area contributed by atoms with Crippen molar-refractivity contribution in [1.82, 2.24) is 10.3 Å². The molecule has 4 aromatic rings. The third-order valence-corrected chi connectivity index (χ3v) is 4.96. The molecule has 30 heavy (non-hydrogen) atoms. The van der Waals surface area contributed by atoms with Crippen molar-refractivity contribution < 1.29 is 9.53 Å². The number of hydrogen-bond donors (Lipinski definition) is 2. The van der Waals surface area contributed by atoms with Crippen LogP contribution in [0.1, 0.15) is 15.9 Å². The van der Waals surface area contributed by atoms with Gasteiger partial charge in [0.1, 0.15) is 11.6 Å². The van der Waals surface area contributed by atoms with Crippen molar-refractivity contribution in [1.29, 1.82) is 0 Å². The van der Waals surface area contributed by atoms with Crippen molar-refractivity contribution in [3.63, 3.8) is 0 Å². The van der Waals surface area contributed by atoms with Gasteiger partial charge in [0, 0.05) is 34.4 Å². The van der Waals surface area contributed by atoms with Gasteiger partial charge in [0.15, 0.2) is 0 Å². The fourth-order valence-electron chi connectivity index (χ4n) is 3.15. The number of rotatable bonds is 6. The highest BCUT2D eigenvalue weighted by molar-refractivity contribution is 6.31. The van der Waals surface area contributed by atoms with Gasteiger partial charge >= 0.3 is 0 Å². The summed E-state index contributed by atoms with van der Waals surface area (Å²) in [7, 11) is 1.62. The molecule has 0 unspecified atom stereocenters. The van der Waals surface area contributed by atoms with E-state index in [1.807, 2.05) is 60.7 Å². The molecule has 4 rings (SSSR count). The molecule has 0 aliphatic carbocycles. The van der Waals surface area contributed by atoms with Gasteiger partial charge in [-0.15, -0.1) is 0 Å². The molecule has 0 radical (unpaired) electrons. The lowest BCUT2D eigenvalue weighted by atomic mass is 10.1. The number of methoxy groups -OCH3 is 1. The first-order chi connectivity index (χ1) is 14.6. The monoisotopic (exact) mass is 417 g/mol. The minimum absolute atomic E-state index is 0.139. The van der Waals surface area contributed by atoms with Gasteiger partial charge in [-0.05, 0) is 65.5 Å². The quantitative estimate of drug-likeness (QED) is 0.430. The van der Waals surface area contributed by atoms with Crippen LogP contribution in [0.15, 0.2) is 79.0 Å². The summed E-state index contributed by atoms with van der Waals surface area (Å²) in [5.41, 5.74) is 2.39. The number of benzene rings is 3. The Morgan fingerprint density at radius 2 is 1.87 bits per heavy atom. The van der Waals surface area contributed by atoms with Crippen LogP contribution in [0.5, 0.6) is 5.75 Å². The maximum absolute atomic E-state index is 12.5. The Kier molecular flexibility index (Phi) is 5.82. The minimum atomic E-state index is -0.139. The van der Waals surface area contributed by atoms with Crippen molar-refractivity contribution >= 4 is 39.8 Å². The lowest BCUT2D eigenvalue weighted by Gasteiger charge is -2.10. The molecule has 3 aromatic carbocycles. The van der Waals surface area contributed by atoms with Gasteiger partial charge in [-0.2, -0.15) is 0 Å². The number of nitrogens with one attached hydrogen (secondary N) is 2. The van der Waals surface area contributed by atoms with E-state index in [4.69, 9.17) is 16.3 Å². The van der Waals surface area contributed by atoms with Gasteiger partial charge in [0.05, 0.1) is 7.11 Å². The normalized spacial score (nSPS) is 10.6. The lowest BCUT2D eigenvalue weighted by Crippen LogP contribution is -2.22. The fourth-order valence-corrected chi connectivity index (χ4v) is 3.32. The van der Waals surface area contributed by atoms with Crippen LogP contribution in [0.2, 0.25) is 5.02 Å². The smallest absolute Gasteiger partial charge is 0.251 e. The van der Waals surface area contributed by atoms with Crippen LogP contribution in [0.3, 0.4) is 0 Å². The zero-order valence-electron chi connectivity index (χ0n) is 16.4. The molecule has 1 amide bonds. The van der Waals surface area contributed by atoms with Crippen molar-refractivity contribution in [2.45, 2.75) is 6.54 Å². The molecule has 0 aliphatic heterocycles. The summed E-state index contributed by atoms with van der Waals surface area (Å²) in [5.74, 6) is 1.34. The Labute approximate surface area is 179 Å². The maximum atomic E-state index is 12.5. The van der Waals surface area contributed by atoms with E-state index in [0.717, 1.165) is 27.8 Å². The number of amides is 1. The zero-order chi connectivity index (χ0) is 20.9. The second-order valence-corrected chi connectivity index (χ2v) is 7.20. The summed E-state index contributed by atoms with van der Waals surface area (Å²) in [4.78, 5) is 16.9. The number of halogens is 1. The first-order valence-electron chi connectivity index (χ1n) is 9.45. The highest BCUT2D eigenvalue weighted by atomic mass is 35.5. The van der Waals surface area contributed by atoms with E-state index in [0.29, 0.717) is 22.9 Å². The Bertz CT molecular complexity index is 1190. The highest BCUT2D eigenvalue weighted by Gasteiger charge is 2.08. The van der Waals surface area contributed by atoms with E-state index in [1.54, 1.807) is 25.4 Å². The molecule has 1 aromatic heterocycles. The van der Waals surface area contributed by atoms with Crippen LogP contribution in [0.25, 0.3) is 10.8 Å². The van der Waals surface area contributed by atoms with Gasteiger partial charge in [-0.1, -0.05) is 29.8 Å². The van der Waals surface area contributed by atoms with E-state index < -0.39 is 0 Å². The molecule has 0 bridgehead atoms. The number of ether oxygens (including phenoxy) is 1. The number of nitrogens with zero attached hydrogens (tertiary/aromatic N) is 1. The predicted molar refractivity (Wildman–Crippen MR) is 121 cm³/mol. The summed E-state index contributed by atoms with van der Waals surface area (Å²) in [6.45, 7) is 0.427. The molecular formula is C24H20ClN3O2. The number of anilines is 2. The number of fused-ring (bicyclic) bond motifs is 1. The number of aromatic nitrogens is 1. The minimum Gasteiger partial charge on any atom is -0.497 e. The Morgan fingerprint density at radius 3 is 2.67 bits per heavy atom. The van der Waals surface area contributed by atoms with Gasteiger partial charge in [-0.3, -0.25) is 4.79 Å². The number of carbonyl (C=O) groups excluding carboxylic acids is 1. The second kappa shape index (κ2) is 8.84. The van der Waals surface area contributed by atoms with Crippen molar-refractivity contribution in [3.8, 4) is 5.75 Å². The average molecular weight is 418 g/mol. The summed E-state index contributed by atoms with van der Waals surface area (Å²) in [6.07, 6.45) is 1.75. The number of carbonyl (C=O) groups is 1. The third-order valence-electron chi connectivity index (χ3n) is 4.73. The van der Waals surface area contributed by atoms with Crippen molar-refractivity contribution in [2.24, 2.45) is 0 Å². The molecular weight excluding hydrogens is 398 g/mol. The fraction of sp³-hybridized carbons (Fsp3) is 0.0833. The molecule has 0 aliphatic rings. The lowest BCUT2D eigenvalue weighted by molar-refractivity contribution is 0.0951. The van der Waals surface area contributed by atoms with Gasteiger partial charge in [0.25, 0.3) is 5.91 Å². The Balaban J connectivity index is 1.44. The van der Waals surface area contributed by atoms with E-state index >= 15 is 0 Å². The Hall–Kier alpha value is -3.57. The van der Waals surface area contributed by atoms with Gasteiger partial charge < -0.3 is 15.4 Å². The molecule has 0 spiro atoms. The summed E-state index contributed by atoms with van der Waals surface area (Å²) < 4.78 is 5.21. The number of pyridine rings is 1. The second-order valence-electron chi connectivity index (χ2n) is 6.76. The first kappa shape index (κ1) is 19.7. The molecule has 0 fully saturated rings. The van der Waals surface area contributed by atoms with Crippen molar-refractivity contribution in [2.75, 3.05) is 12.4 Å². The third kappa shape index (κ3) is 4.53. The average Bonchev–Trinajstić information content (AvgIpc) is 2.78. The summed E-state index contributed by atoms with van der Waals surface area (Å²) in [5, 5.41) is 8.86. The molecule has 0 saturated heterocycles. The van der Waals surface area contributed by atoms with Crippen LogP contribution < -0.4 is 15.4 Å². The first-order valence-corrected chi connectivity index (χ1v) is 9.83. The van der Waals surface area contributed by atoms with Crippen LogP contribution in [0, 0.1) is 0 Å². The van der Waals surface area contributed by atoms with E-state index in [9.17, 15) is 4.79 Å². The SMILES string of the molecule is COc1cccc(CNC(=O)c2ccc(Nc3nccc4ccc(Cl)cc34)cc2)c1. The largest absolute Gasteiger partial charge is 0.497 e. The number of hydrogen-bond acceptors (Lipinski definition) is 4. The predicted octanol–water partition coefficient (Wildman–Crippen LogP) is 5.57. The van der Waals surface area contributed by atoms with Crippen LogP contribution in [-0.4, -0.2) is 18.0 Å². The van der Waals surface area contributed by atoms with Crippen LogP contribution in [0.4, 0.5) is 11.5 Å². The van der Waals surface area contributed by atoms with E-state index in [-0.39, 0.29) is 5.91 Å². The van der Waals surface area contributed by atoms with E-state index in [2.05, 4.69) is 15.6 Å². The molecule has 0 atom stereocenters. The Morgan fingerprint density at radius 1 is 1.03 bits per heavy atom. The molecule has 2 N–H and O–H groups in total. The highest BCUT2D eigenvalue weighted by Crippen LogP contribution is 2.27.